The van der Waals surface area contributed by atoms with E-state index in [9.17, 15) is 9.59 Å². The van der Waals surface area contributed by atoms with Gasteiger partial charge in [-0.25, -0.2) is 4.79 Å². The van der Waals surface area contributed by atoms with Crippen molar-refractivity contribution in [2.75, 3.05) is 23.4 Å². The first-order chi connectivity index (χ1) is 15.2. The normalized spacial score (nSPS) is 15.7. The molecule has 4 rings (SSSR count). The average molecular weight is 415 g/mol. The summed E-state index contributed by atoms with van der Waals surface area (Å²) in [6.45, 7) is 0.613. The number of nitrogens with one attached hydrogen (secondary N) is 2. The Bertz CT molecular complexity index is 1020. The van der Waals surface area contributed by atoms with Gasteiger partial charge in [-0.15, -0.1) is 0 Å². The van der Waals surface area contributed by atoms with E-state index < -0.39 is 6.23 Å². The summed E-state index contributed by atoms with van der Waals surface area (Å²) < 4.78 is 5.75. The van der Waals surface area contributed by atoms with Crippen molar-refractivity contribution in [1.29, 1.82) is 0 Å². The van der Waals surface area contributed by atoms with Crippen LogP contribution in [0.1, 0.15) is 23.8 Å². The fourth-order valence-corrected chi connectivity index (χ4v) is 3.62. The Morgan fingerprint density at radius 2 is 1.71 bits per heavy atom. The van der Waals surface area contributed by atoms with Crippen molar-refractivity contribution in [3.63, 3.8) is 0 Å². The Balaban J connectivity index is 1.34. The van der Waals surface area contributed by atoms with Gasteiger partial charge in [-0.3, -0.25) is 9.69 Å². The van der Waals surface area contributed by atoms with Gasteiger partial charge in [0.2, 0.25) is 0 Å². The molecule has 0 aliphatic carbocycles. The SMILES string of the molecule is O=C(NCCCc1ccccc1)Nc1cccc(C2OCC(=O)N2c2ccccc2)c1. The van der Waals surface area contributed by atoms with Crippen molar-refractivity contribution in [2.45, 2.75) is 19.1 Å². The molecule has 1 aliphatic rings. The van der Waals surface area contributed by atoms with Crippen LogP contribution in [0.15, 0.2) is 84.9 Å². The first kappa shape index (κ1) is 20.6. The van der Waals surface area contributed by atoms with Crippen molar-refractivity contribution in [1.82, 2.24) is 5.32 Å². The number of hydrogen-bond donors (Lipinski definition) is 2. The smallest absolute Gasteiger partial charge is 0.319 e. The lowest BCUT2D eigenvalue weighted by atomic mass is 10.1. The van der Waals surface area contributed by atoms with Gasteiger partial charge in [0.15, 0.2) is 6.23 Å². The maximum Gasteiger partial charge on any atom is 0.319 e. The molecule has 6 heteroatoms. The lowest BCUT2D eigenvalue weighted by molar-refractivity contribution is -0.117. The van der Waals surface area contributed by atoms with Crippen LogP contribution in [0, 0.1) is 0 Å². The highest BCUT2D eigenvalue weighted by atomic mass is 16.5. The summed E-state index contributed by atoms with van der Waals surface area (Å²) >= 11 is 0. The van der Waals surface area contributed by atoms with Crippen LogP contribution in [-0.4, -0.2) is 25.1 Å². The molecule has 158 valence electrons. The highest BCUT2D eigenvalue weighted by Gasteiger charge is 2.34. The molecule has 0 bridgehead atoms. The lowest BCUT2D eigenvalue weighted by Gasteiger charge is -2.24. The lowest BCUT2D eigenvalue weighted by Crippen LogP contribution is -2.30. The fourth-order valence-electron chi connectivity index (χ4n) is 3.62. The number of hydrogen-bond acceptors (Lipinski definition) is 3. The topological polar surface area (TPSA) is 70.7 Å². The van der Waals surface area contributed by atoms with Crippen molar-refractivity contribution in [3.8, 4) is 0 Å². The van der Waals surface area contributed by atoms with Gasteiger partial charge < -0.3 is 15.4 Å². The third kappa shape index (κ3) is 5.29. The van der Waals surface area contributed by atoms with E-state index in [1.165, 1.54) is 5.56 Å². The van der Waals surface area contributed by atoms with Gasteiger partial charge in [0.05, 0.1) is 0 Å². The van der Waals surface area contributed by atoms with Crippen LogP contribution >= 0.6 is 0 Å². The summed E-state index contributed by atoms with van der Waals surface area (Å²) in [4.78, 5) is 26.3. The Hall–Kier alpha value is -3.64. The van der Waals surface area contributed by atoms with E-state index in [1.807, 2.05) is 72.8 Å². The van der Waals surface area contributed by atoms with Gasteiger partial charge in [0.25, 0.3) is 5.91 Å². The molecule has 6 nitrogen and oxygen atoms in total. The monoisotopic (exact) mass is 415 g/mol. The first-order valence-corrected chi connectivity index (χ1v) is 10.4. The van der Waals surface area contributed by atoms with E-state index in [0.29, 0.717) is 12.2 Å². The second kappa shape index (κ2) is 9.91. The molecule has 0 spiro atoms. The fraction of sp³-hybridized carbons (Fsp3) is 0.200. The number of carbonyl (C=O) groups is 2. The number of para-hydroxylation sites is 1. The van der Waals surface area contributed by atoms with Crippen LogP contribution in [0.4, 0.5) is 16.2 Å². The van der Waals surface area contributed by atoms with Crippen molar-refractivity contribution >= 4 is 23.3 Å². The number of carbonyl (C=O) groups excluding carboxylic acids is 2. The second-order valence-corrected chi connectivity index (χ2v) is 7.36. The summed E-state index contributed by atoms with van der Waals surface area (Å²) in [7, 11) is 0. The van der Waals surface area contributed by atoms with Gasteiger partial charge in [0, 0.05) is 23.5 Å². The third-order valence-electron chi connectivity index (χ3n) is 5.10. The zero-order valence-electron chi connectivity index (χ0n) is 17.2. The Kier molecular flexibility index (Phi) is 6.59. The molecule has 1 atom stereocenters. The molecule has 0 aromatic heterocycles. The minimum atomic E-state index is -0.523. The zero-order valence-corrected chi connectivity index (χ0v) is 17.2. The average Bonchev–Trinajstić information content (AvgIpc) is 3.19. The predicted molar refractivity (Wildman–Crippen MR) is 121 cm³/mol. The van der Waals surface area contributed by atoms with E-state index in [-0.39, 0.29) is 18.5 Å². The van der Waals surface area contributed by atoms with Gasteiger partial charge >= 0.3 is 6.03 Å². The molecule has 1 heterocycles. The van der Waals surface area contributed by atoms with E-state index in [1.54, 1.807) is 4.90 Å². The Labute approximate surface area is 181 Å². The number of urea groups is 1. The van der Waals surface area contributed by atoms with Gasteiger partial charge in [0.1, 0.15) is 6.61 Å². The van der Waals surface area contributed by atoms with Crippen molar-refractivity contribution < 1.29 is 14.3 Å². The highest BCUT2D eigenvalue weighted by molar-refractivity contribution is 5.96. The number of ether oxygens (including phenoxy) is 1. The molecule has 1 unspecified atom stereocenters. The van der Waals surface area contributed by atoms with Crippen LogP contribution in [-0.2, 0) is 16.0 Å². The number of anilines is 2. The van der Waals surface area contributed by atoms with Gasteiger partial charge in [-0.1, -0.05) is 60.7 Å². The van der Waals surface area contributed by atoms with Gasteiger partial charge in [-0.2, -0.15) is 0 Å². The predicted octanol–water partition coefficient (Wildman–Crippen LogP) is 4.50. The van der Waals surface area contributed by atoms with Crippen LogP contribution in [0.3, 0.4) is 0 Å². The number of amides is 3. The molecule has 0 saturated carbocycles. The van der Waals surface area contributed by atoms with Gasteiger partial charge in [-0.05, 0) is 42.7 Å². The van der Waals surface area contributed by atoms with E-state index in [2.05, 4.69) is 22.8 Å². The standard InChI is InChI=1S/C25H25N3O3/c29-23-18-31-24(28(23)22-14-5-2-6-15-22)20-12-7-13-21(17-20)27-25(30)26-16-8-11-19-9-3-1-4-10-19/h1-7,9-10,12-15,17,24H,8,11,16,18H2,(H2,26,27,30). The molecule has 0 radical (unpaired) electrons. The number of nitrogens with zero attached hydrogens (tertiary/aromatic N) is 1. The molecule has 3 amide bonds. The zero-order chi connectivity index (χ0) is 21.5. The van der Waals surface area contributed by atoms with E-state index in [0.717, 1.165) is 24.1 Å². The molecule has 3 aromatic rings. The summed E-state index contributed by atoms with van der Waals surface area (Å²) in [5.74, 6) is -0.0919. The number of rotatable bonds is 7. The highest BCUT2D eigenvalue weighted by Crippen LogP contribution is 2.33. The summed E-state index contributed by atoms with van der Waals surface area (Å²) in [6, 6.07) is 26.8. The van der Waals surface area contributed by atoms with Crippen LogP contribution in [0.5, 0.6) is 0 Å². The molecule has 3 aromatic carbocycles. The molecule has 31 heavy (non-hydrogen) atoms. The second-order valence-electron chi connectivity index (χ2n) is 7.36. The quantitative estimate of drug-likeness (QED) is 0.558. The minimum Gasteiger partial charge on any atom is -0.344 e. The molecule has 1 saturated heterocycles. The summed E-state index contributed by atoms with van der Waals surface area (Å²) in [6.07, 6.45) is 1.26. The number of aryl methyl sites for hydroxylation is 1. The van der Waals surface area contributed by atoms with E-state index in [4.69, 9.17) is 4.74 Å². The van der Waals surface area contributed by atoms with Crippen molar-refractivity contribution in [2.24, 2.45) is 0 Å². The third-order valence-corrected chi connectivity index (χ3v) is 5.10. The molecule has 1 aliphatic heterocycles. The van der Waals surface area contributed by atoms with Crippen molar-refractivity contribution in [3.05, 3.63) is 96.1 Å². The minimum absolute atomic E-state index is 0.0269. The largest absolute Gasteiger partial charge is 0.344 e. The Morgan fingerprint density at radius 1 is 0.968 bits per heavy atom. The molecule has 1 fully saturated rings. The number of benzene rings is 3. The Morgan fingerprint density at radius 3 is 2.48 bits per heavy atom. The van der Waals surface area contributed by atoms with Crippen LogP contribution in [0.2, 0.25) is 0 Å². The molecular formula is C25H25N3O3. The van der Waals surface area contributed by atoms with Crippen LogP contribution in [0.25, 0.3) is 0 Å². The maximum atomic E-state index is 12.4. The summed E-state index contributed by atoms with van der Waals surface area (Å²) in [5.41, 5.74) is 3.49. The first-order valence-electron chi connectivity index (χ1n) is 10.4. The molecule has 2 N–H and O–H groups in total. The summed E-state index contributed by atoms with van der Waals surface area (Å²) in [5, 5.41) is 5.75. The van der Waals surface area contributed by atoms with Crippen LogP contribution < -0.4 is 15.5 Å². The molecular weight excluding hydrogens is 390 g/mol. The maximum absolute atomic E-state index is 12.4. The van der Waals surface area contributed by atoms with E-state index >= 15 is 0 Å².